The van der Waals surface area contributed by atoms with E-state index in [1.54, 1.807) is 4.88 Å². The van der Waals surface area contributed by atoms with E-state index in [1.807, 2.05) is 42.5 Å². The van der Waals surface area contributed by atoms with Gasteiger partial charge >= 0.3 is 0 Å². The maximum Gasteiger partial charge on any atom is 0.108 e. The standard InChI is InChI=1S/C14H19N3S2/c1-17-6-5-16-14(17)3-2-11(15)13-8-10-9-18-7-4-12(10)19-13/h5-6,8,11H,2-4,7,9,15H2,1H3. The van der Waals surface area contributed by atoms with E-state index in [0.717, 1.165) is 24.4 Å². The number of nitrogens with two attached hydrogens (primary N) is 1. The van der Waals surface area contributed by atoms with E-state index in [4.69, 9.17) is 5.73 Å². The number of hydrogen-bond acceptors (Lipinski definition) is 4. The summed E-state index contributed by atoms with van der Waals surface area (Å²) in [6.45, 7) is 0. The molecule has 1 unspecified atom stereocenters. The SMILES string of the molecule is Cn1ccnc1CCC(N)c1cc2c(s1)CCSC2. The van der Waals surface area contributed by atoms with Crippen LogP contribution in [0.5, 0.6) is 0 Å². The van der Waals surface area contributed by atoms with Crippen molar-refractivity contribution in [1.29, 1.82) is 0 Å². The molecule has 1 aliphatic heterocycles. The molecule has 102 valence electrons. The summed E-state index contributed by atoms with van der Waals surface area (Å²) in [7, 11) is 2.04. The first kappa shape index (κ1) is 13.2. The van der Waals surface area contributed by atoms with Crippen molar-refractivity contribution >= 4 is 23.1 Å². The molecule has 1 aliphatic rings. The molecular weight excluding hydrogens is 274 g/mol. The van der Waals surface area contributed by atoms with Crippen LogP contribution in [-0.4, -0.2) is 15.3 Å². The molecule has 0 aliphatic carbocycles. The zero-order valence-electron chi connectivity index (χ0n) is 11.1. The van der Waals surface area contributed by atoms with Gasteiger partial charge in [-0.1, -0.05) is 0 Å². The molecule has 0 saturated heterocycles. The largest absolute Gasteiger partial charge is 0.338 e. The molecule has 0 amide bonds. The highest BCUT2D eigenvalue weighted by Crippen LogP contribution is 2.34. The summed E-state index contributed by atoms with van der Waals surface area (Å²) in [5, 5.41) is 0. The zero-order chi connectivity index (χ0) is 13.2. The smallest absolute Gasteiger partial charge is 0.108 e. The Morgan fingerprint density at radius 2 is 2.42 bits per heavy atom. The van der Waals surface area contributed by atoms with Gasteiger partial charge in [0.15, 0.2) is 0 Å². The third-order valence-corrected chi connectivity index (χ3v) is 5.99. The van der Waals surface area contributed by atoms with Crippen molar-refractivity contribution in [2.75, 3.05) is 5.75 Å². The predicted octanol–water partition coefficient (Wildman–Crippen LogP) is 2.90. The van der Waals surface area contributed by atoms with Crippen LogP contribution in [0, 0.1) is 0 Å². The fourth-order valence-corrected chi connectivity index (χ4v) is 4.83. The molecule has 5 heteroatoms. The average Bonchev–Trinajstić information content (AvgIpc) is 3.01. The Balaban J connectivity index is 1.65. The molecule has 19 heavy (non-hydrogen) atoms. The van der Waals surface area contributed by atoms with E-state index < -0.39 is 0 Å². The number of thioether (sulfide) groups is 1. The van der Waals surface area contributed by atoms with Crippen molar-refractivity contribution in [1.82, 2.24) is 9.55 Å². The van der Waals surface area contributed by atoms with Gasteiger partial charge < -0.3 is 10.3 Å². The summed E-state index contributed by atoms with van der Waals surface area (Å²) in [4.78, 5) is 7.26. The fourth-order valence-electron chi connectivity index (χ4n) is 2.42. The summed E-state index contributed by atoms with van der Waals surface area (Å²) in [5.41, 5.74) is 7.86. The molecule has 0 fully saturated rings. The zero-order valence-corrected chi connectivity index (χ0v) is 12.8. The van der Waals surface area contributed by atoms with Crippen LogP contribution in [-0.2, 0) is 25.6 Å². The van der Waals surface area contributed by atoms with Crippen LogP contribution in [0.2, 0.25) is 0 Å². The number of fused-ring (bicyclic) bond motifs is 1. The number of imidazole rings is 1. The lowest BCUT2D eigenvalue weighted by Gasteiger charge is -2.09. The predicted molar refractivity (Wildman–Crippen MR) is 82.6 cm³/mol. The highest BCUT2D eigenvalue weighted by Gasteiger charge is 2.17. The number of aromatic nitrogens is 2. The van der Waals surface area contributed by atoms with Gasteiger partial charge in [-0.2, -0.15) is 11.8 Å². The third-order valence-electron chi connectivity index (χ3n) is 3.61. The van der Waals surface area contributed by atoms with Crippen molar-refractivity contribution in [2.24, 2.45) is 12.8 Å². The van der Waals surface area contributed by atoms with Gasteiger partial charge in [0.1, 0.15) is 5.82 Å². The van der Waals surface area contributed by atoms with Crippen LogP contribution in [0.15, 0.2) is 18.5 Å². The van der Waals surface area contributed by atoms with E-state index >= 15 is 0 Å². The van der Waals surface area contributed by atoms with Gasteiger partial charge in [-0.3, -0.25) is 0 Å². The first-order valence-corrected chi connectivity index (χ1v) is 8.62. The second kappa shape index (κ2) is 5.69. The van der Waals surface area contributed by atoms with Crippen LogP contribution in [0.3, 0.4) is 0 Å². The molecule has 0 aromatic carbocycles. The van der Waals surface area contributed by atoms with Gasteiger partial charge in [0, 0.05) is 47.4 Å². The summed E-state index contributed by atoms with van der Waals surface area (Å²) in [6, 6.07) is 2.48. The van der Waals surface area contributed by atoms with E-state index in [0.29, 0.717) is 0 Å². The Kier molecular flexibility index (Phi) is 3.96. The lowest BCUT2D eigenvalue weighted by molar-refractivity contribution is 0.628. The molecule has 0 saturated carbocycles. The van der Waals surface area contributed by atoms with Crippen LogP contribution in [0.4, 0.5) is 0 Å². The Hall–Kier alpha value is -0.780. The maximum atomic E-state index is 6.34. The highest BCUT2D eigenvalue weighted by atomic mass is 32.2. The minimum absolute atomic E-state index is 0.150. The Bertz CT molecular complexity index is 535. The molecule has 1 atom stereocenters. The van der Waals surface area contributed by atoms with Gasteiger partial charge in [0.05, 0.1) is 0 Å². The molecule has 0 spiro atoms. The van der Waals surface area contributed by atoms with Crippen molar-refractivity contribution in [3.63, 3.8) is 0 Å². The molecular formula is C14H19N3S2. The number of hydrogen-bond donors (Lipinski definition) is 1. The minimum atomic E-state index is 0.150. The lowest BCUT2D eigenvalue weighted by atomic mass is 10.1. The number of thiophene rings is 1. The van der Waals surface area contributed by atoms with E-state index in [9.17, 15) is 0 Å². The first-order chi connectivity index (χ1) is 9.24. The van der Waals surface area contributed by atoms with Crippen molar-refractivity contribution in [3.8, 4) is 0 Å². The molecule has 3 rings (SSSR count). The molecule has 3 heterocycles. The second-order valence-electron chi connectivity index (χ2n) is 5.00. The maximum absolute atomic E-state index is 6.34. The third kappa shape index (κ3) is 2.88. The van der Waals surface area contributed by atoms with Gasteiger partial charge in [0.2, 0.25) is 0 Å². The Labute approximate surface area is 122 Å². The average molecular weight is 293 g/mol. The van der Waals surface area contributed by atoms with Crippen molar-refractivity contribution in [2.45, 2.75) is 31.1 Å². The Morgan fingerprint density at radius 1 is 1.53 bits per heavy atom. The van der Waals surface area contributed by atoms with Gasteiger partial charge in [-0.05, 0) is 30.2 Å². The molecule has 2 aromatic heterocycles. The minimum Gasteiger partial charge on any atom is -0.338 e. The molecule has 0 radical (unpaired) electrons. The number of aryl methyl sites for hydroxylation is 3. The fraction of sp³-hybridized carbons (Fsp3) is 0.500. The topological polar surface area (TPSA) is 43.8 Å². The summed E-state index contributed by atoms with van der Waals surface area (Å²) in [6.07, 6.45) is 6.97. The summed E-state index contributed by atoms with van der Waals surface area (Å²) >= 11 is 3.95. The second-order valence-corrected chi connectivity index (χ2v) is 7.27. The number of rotatable bonds is 4. The van der Waals surface area contributed by atoms with Gasteiger partial charge in [0.25, 0.3) is 0 Å². The molecule has 0 bridgehead atoms. The van der Waals surface area contributed by atoms with Crippen molar-refractivity contribution in [3.05, 3.63) is 39.6 Å². The molecule has 2 aromatic rings. The van der Waals surface area contributed by atoms with E-state index in [-0.39, 0.29) is 6.04 Å². The van der Waals surface area contributed by atoms with Crippen LogP contribution in [0.25, 0.3) is 0 Å². The van der Waals surface area contributed by atoms with Gasteiger partial charge in [-0.15, -0.1) is 11.3 Å². The summed E-state index contributed by atoms with van der Waals surface area (Å²) in [5.74, 6) is 3.54. The highest BCUT2D eigenvalue weighted by molar-refractivity contribution is 7.98. The Morgan fingerprint density at radius 3 is 3.16 bits per heavy atom. The van der Waals surface area contributed by atoms with E-state index in [2.05, 4.69) is 15.6 Å². The molecule has 2 N–H and O–H groups in total. The van der Waals surface area contributed by atoms with Gasteiger partial charge in [-0.25, -0.2) is 4.98 Å². The van der Waals surface area contributed by atoms with Crippen LogP contribution < -0.4 is 5.73 Å². The summed E-state index contributed by atoms with van der Waals surface area (Å²) < 4.78 is 2.07. The lowest BCUT2D eigenvalue weighted by Crippen LogP contribution is -2.11. The quantitative estimate of drug-likeness (QED) is 0.942. The normalized spacial score (nSPS) is 16.3. The van der Waals surface area contributed by atoms with E-state index in [1.165, 1.54) is 22.6 Å². The van der Waals surface area contributed by atoms with Crippen molar-refractivity contribution < 1.29 is 0 Å². The van der Waals surface area contributed by atoms with Crippen LogP contribution >= 0.6 is 23.1 Å². The monoisotopic (exact) mass is 293 g/mol. The first-order valence-electron chi connectivity index (χ1n) is 6.65. The van der Waals surface area contributed by atoms with Crippen LogP contribution in [0.1, 0.15) is 33.6 Å². The molecule has 3 nitrogen and oxygen atoms in total. The number of nitrogens with zero attached hydrogens (tertiary/aromatic N) is 2.